The summed E-state index contributed by atoms with van der Waals surface area (Å²) >= 11 is 0. The molecule has 0 aliphatic heterocycles. The number of non-ortho nitro benzene ring substituents is 1. The molecule has 0 aliphatic carbocycles. The van der Waals surface area contributed by atoms with Gasteiger partial charge in [0.05, 0.1) is 4.92 Å². The highest BCUT2D eigenvalue weighted by molar-refractivity contribution is 5.53. The van der Waals surface area contributed by atoms with Crippen LogP contribution in [-0.2, 0) is 0 Å². The second-order valence-electron chi connectivity index (χ2n) is 3.21. The van der Waals surface area contributed by atoms with Gasteiger partial charge in [-0.3, -0.25) is 10.1 Å². The number of nitro groups is 1. The summed E-state index contributed by atoms with van der Waals surface area (Å²) < 4.78 is 0. The molecule has 2 rings (SSSR count). The van der Waals surface area contributed by atoms with Crippen molar-refractivity contribution in [3.05, 3.63) is 70.8 Å². The molecule has 0 aliphatic rings. The Labute approximate surface area is 114 Å². The van der Waals surface area contributed by atoms with E-state index in [1.54, 1.807) is 42.5 Å². The maximum atomic E-state index is 10.0. The first-order chi connectivity index (χ1) is 9.43. The van der Waals surface area contributed by atoms with Gasteiger partial charge in [0.2, 0.25) is 0 Å². The van der Waals surface area contributed by atoms with Gasteiger partial charge in [0.15, 0.2) is 0 Å². The quantitative estimate of drug-likeness (QED) is 0.544. The van der Waals surface area contributed by atoms with E-state index in [1.165, 1.54) is 12.1 Å². The number of phenols is 1. The average molecular weight is 279 g/mol. The summed E-state index contributed by atoms with van der Waals surface area (Å²) in [6, 6.07) is 16.6. The maximum Gasteiger partial charge on any atom is 0.503 e. The predicted molar refractivity (Wildman–Crippen MR) is 71.9 cm³/mol. The van der Waals surface area contributed by atoms with E-state index in [0.29, 0.717) is 5.75 Å². The number of carbonyl (C=O) groups is 1. The molecule has 0 bridgehead atoms. The highest BCUT2D eigenvalue weighted by atomic mass is 16.6. The molecular weight excluding hydrogens is 266 g/mol. The van der Waals surface area contributed by atoms with Gasteiger partial charge in [0.25, 0.3) is 5.69 Å². The minimum absolute atomic E-state index is 0.137. The van der Waals surface area contributed by atoms with E-state index < -0.39 is 11.1 Å². The first-order valence-electron chi connectivity index (χ1n) is 5.29. The third kappa shape index (κ3) is 10.1. The molecule has 2 aromatic carbocycles. The van der Waals surface area contributed by atoms with E-state index in [2.05, 4.69) is 0 Å². The highest BCUT2D eigenvalue weighted by Crippen LogP contribution is 2.06. The molecule has 0 saturated heterocycles. The lowest BCUT2D eigenvalue weighted by Crippen LogP contribution is -1.84. The molecule has 0 radical (unpaired) electrons. The largest absolute Gasteiger partial charge is 0.508 e. The fraction of sp³-hybridized carbons (Fsp3) is 0. The number of nitro benzene ring substituents is 1. The molecule has 3 N–H and O–H groups in total. The summed E-state index contributed by atoms with van der Waals surface area (Å²) in [6.07, 6.45) is -1.83. The van der Waals surface area contributed by atoms with E-state index >= 15 is 0 Å². The van der Waals surface area contributed by atoms with Crippen LogP contribution in [0.25, 0.3) is 0 Å². The van der Waals surface area contributed by atoms with Gasteiger partial charge in [-0.25, -0.2) is 4.79 Å². The summed E-state index contributed by atoms with van der Waals surface area (Å²) in [6.45, 7) is 0. The monoisotopic (exact) mass is 279 g/mol. The van der Waals surface area contributed by atoms with Gasteiger partial charge in [-0.15, -0.1) is 0 Å². The van der Waals surface area contributed by atoms with Crippen molar-refractivity contribution in [1.29, 1.82) is 0 Å². The van der Waals surface area contributed by atoms with Crippen molar-refractivity contribution in [2.75, 3.05) is 0 Å². The Kier molecular flexibility index (Phi) is 8.36. The number of phenolic OH excluding ortho intramolecular Hbond substituents is 1. The minimum atomic E-state index is -1.83. The SMILES string of the molecule is O=C(O)O.O=[N+]([O-])c1ccccc1.Oc1ccccc1. The van der Waals surface area contributed by atoms with Crippen LogP contribution >= 0.6 is 0 Å². The van der Waals surface area contributed by atoms with Crippen LogP contribution in [0.1, 0.15) is 0 Å². The van der Waals surface area contributed by atoms with Gasteiger partial charge in [-0.05, 0) is 12.1 Å². The molecule has 0 fully saturated rings. The molecule has 0 heterocycles. The van der Waals surface area contributed by atoms with Gasteiger partial charge in [0, 0.05) is 12.1 Å². The van der Waals surface area contributed by atoms with E-state index in [4.69, 9.17) is 20.1 Å². The first-order valence-corrected chi connectivity index (χ1v) is 5.29. The Hall–Kier alpha value is -3.09. The van der Waals surface area contributed by atoms with Gasteiger partial charge < -0.3 is 15.3 Å². The van der Waals surface area contributed by atoms with Crippen LogP contribution in [0.2, 0.25) is 0 Å². The molecule has 0 amide bonds. The average Bonchev–Trinajstić information content (AvgIpc) is 2.41. The molecule has 0 saturated carbocycles. The molecule has 0 spiro atoms. The second-order valence-corrected chi connectivity index (χ2v) is 3.21. The number of para-hydroxylation sites is 2. The third-order valence-electron chi connectivity index (χ3n) is 1.72. The van der Waals surface area contributed by atoms with Crippen molar-refractivity contribution < 1.29 is 25.0 Å². The molecule has 106 valence electrons. The summed E-state index contributed by atoms with van der Waals surface area (Å²) in [7, 11) is 0. The fourth-order valence-corrected chi connectivity index (χ4v) is 0.978. The Morgan fingerprint density at radius 1 is 0.900 bits per heavy atom. The third-order valence-corrected chi connectivity index (χ3v) is 1.72. The number of hydrogen-bond donors (Lipinski definition) is 3. The lowest BCUT2D eigenvalue weighted by atomic mass is 10.3. The van der Waals surface area contributed by atoms with Gasteiger partial charge in [-0.2, -0.15) is 0 Å². The molecule has 0 unspecified atom stereocenters. The Bertz CT molecular complexity index is 511. The number of nitrogens with zero attached hydrogens (tertiary/aromatic N) is 1. The summed E-state index contributed by atoms with van der Waals surface area (Å²) in [5.41, 5.74) is 0.137. The highest BCUT2D eigenvalue weighted by Gasteiger charge is 1.98. The molecule has 2 aromatic rings. The van der Waals surface area contributed by atoms with Crippen LogP contribution in [-0.4, -0.2) is 26.4 Å². The molecule has 20 heavy (non-hydrogen) atoms. The minimum Gasteiger partial charge on any atom is -0.508 e. The van der Waals surface area contributed by atoms with Gasteiger partial charge in [-0.1, -0.05) is 36.4 Å². The van der Waals surface area contributed by atoms with E-state index in [1.807, 2.05) is 6.07 Å². The van der Waals surface area contributed by atoms with Crippen LogP contribution < -0.4 is 0 Å². The van der Waals surface area contributed by atoms with Crippen molar-refractivity contribution >= 4 is 11.8 Å². The number of benzene rings is 2. The van der Waals surface area contributed by atoms with Crippen molar-refractivity contribution in [3.63, 3.8) is 0 Å². The zero-order valence-corrected chi connectivity index (χ0v) is 10.3. The zero-order chi connectivity index (χ0) is 15.4. The number of rotatable bonds is 1. The Morgan fingerprint density at radius 3 is 1.45 bits per heavy atom. The van der Waals surface area contributed by atoms with Crippen molar-refractivity contribution in [1.82, 2.24) is 0 Å². The fourth-order valence-electron chi connectivity index (χ4n) is 0.978. The second kappa shape index (κ2) is 9.89. The predicted octanol–water partition coefficient (Wildman–Crippen LogP) is 3.21. The van der Waals surface area contributed by atoms with E-state index in [0.717, 1.165) is 0 Å². The van der Waals surface area contributed by atoms with Crippen molar-refractivity contribution in [2.24, 2.45) is 0 Å². The van der Waals surface area contributed by atoms with Gasteiger partial charge in [0.1, 0.15) is 5.75 Å². The van der Waals surface area contributed by atoms with Crippen LogP contribution in [0.15, 0.2) is 60.7 Å². The van der Waals surface area contributed by atoms with Crippen LogP contribution in [0.3, 0.4) is 0 Å². The first kappa shape index (κ1) is 16.9. The zero-order valence-electron chi connectivity index (χ0n) is 10.3. The van der Waals surface area contributed by atoms with Crippen molar-refractivity contribution in [3.8, 4) is 5.75 Å². The van der Waals surface area contributed by atoms with E-state index in [-0.39, 0.29) is 5.69 Å². The lowest BCUT2D eigenvalue weighted by Gasteiger charge is -1.85. The smallest absolute Gasteiger partial charge is 0.503 e. The summed E-state index contributed by atoms with van der Waals surface area (Å²) in [5, 5.41) is 32.6. The molecule has 0 atom stereocenters. The molecule has 7 heteroatoms. The lowest BCUT2D eigenvalue weighted by molar-refractivity contribution is -0.384. The Morgan fingerprint density at radius 2 is 1.25 bits per heavy atom. The van der Waals surface area contributed by atoms with Gasteiger partial charge >= 0.3 is 6.16 Å². The number of hydrogen-bond acceptors (Lipinski definition) is 4. The normalized spacial score (nSPS) is 8.20. The van der Waals surface area contributed by atoms with Crippen LogP contribution in [0.4, 0.5) is 10.5 Å². The molecule has 0 aromatic heterocycles. The Balaban J connectivity index is 0.000000293. The van der Waals surface area contributed by atoms with E-state index in [9.17, 15) is 10.1 Å². The number of carboxylic acid groups (broad SMARTS) is 2. The number of aromatic hydroxyl groups is 1. The molecule has 7 nitrogen and oxygen atoms in total. The summed E-state index contributed by atoms with van der Waals surface area (Å²) in [4.78, 5) is 18.1. The van der Waals surface area contributed by atoms with Crippen molar-refractivity contribution in [2.45, 2.75) is 0 Å². The van der Waals surface area contributed by atoms with Crippen LogP contribution in [0.5, 0.6) is 5.75 Å². The molecular formula is C13H13NO6. The van der Waals surface area contributed by atoms with Crippen LogP contribution in [0, 0.1) is 10.1 Å². The maximum absolute atomic E-state index is 10.0. The summed E-state index contributed by atoms with van der Waals surface area (Å²) in [5.74, 6) is 0.322. The topological polar surface area (TPSA) is 121 Å². The standard InChI is InChI=1S/C6H5NO2.C6H6O.CH2O3/c8-7(9)6-4-2-1-3-5-6;7-6-4-2-1-3-5-6;2-1(3)4/h1-5H;1-5,7H;(H2,2,3,4).